The van der Waals surface area contributed by atoms with E-state index in [0.29, 0.717) is 24.5 Å². The van der Waals surface area contributed by atoms with Crippen LogP contribution in [0.5, 0.6) is 0 Å². The molecule has 4 rings (SSSR count). The molecule has 0 spiro atoms. The molecule has 184 valence electrons. The van der Waals surface area contributed by atoms with Crippen LogP contribution in [0.3, 0.4) is 0 Å². The highest BCUT2D eigenvalue weighted by Crippen LogP contribution is 2.24. The van der Waals surface area contributed by atoms with Gasteiger partial charge >= 0.3 is 0 Å². The number of fused-ring (bicyclic) bond motifs is 1. The summed E-state index contributed by atoms with van der Waals surface area (Å²) in [6, 6.07) is 13.9. The van der Waals surface area contributed by atoms with Crippen molar-refractivity contribution < 1.29 is 18.0 Å². The monoisotopic (exact) mass is 514 g/mol. The second-order valence-corrected chi connectivity index (χ2v) is 10.8. The molecule has 2 atom stereocenters. The summed E-state index contributed by atoms with van der Waals surface area (Å²) in [6.07, 6.45) is 2.60. The maximum Gasteiger partial charge on any atom is 0.244 e. The molecule has 0 radical (unpaired) electrons. The number of hydrogen-bond donors (Lipinski definition) is 1. The molecule has 1 fully saturated rings. The number of pyridine rings is 1. The fourth-order valence-electron chi connectivity index (χ4n) is 4.20. The van der Waals surface area contributed by atoms with Crippen molar-refractivity contribution >= 4 is 44.2 Å². The third kappa shape index (κ3) is 5.63. The Hall–Kier alpha value is -3.01. The van der Waals surface area contributed by atoms with Crippen LogP contribution in [0, 0.1) is 0 Å². The van der Waals surface area contributed by atoms with Crippen molar-refractivity contribution in [2.75, 3.05) is 20.1 Å². The van der Waals surface area contributed by atoms with Crippen molar-refractivity contribution in [1.29, 1.82) is 0 Å². The number of hydrogen-bond acceptors (Lipinski definition) is 5. The number of amides is 2. The van der Waals surface area contributed by atoms with Crippen molar-refractivity contribution in [3.05, 3.63) is 71.5 Å². The Morgan fingerprint density at radius 3 is 2.69 bits per heavy atom. The quantitative estimate of drug-likeness (QED) is 0.498. The lowest BCUT2D eigenvalue weighted by Crippen LogP contribution is -2.49. The van der Waals surface area contributed by atoms with Crippen LogP contribution in [0.15, 0.2) is 65.7 Å². The average Bonchev–Trinajstić information content (AvgIpc) is 3.20. The van der Waals surface area contributed by atoms with Crippen molar-refractivity contribution in [3.63, 3.8) is 0 Å². The summed E-state index contributed by atoms with van der Waals surface area (Å²) in [4.78, 5) is 33.3. The highest BCUT2D eigenvalue weighted by Gasteiger charge is 2.39. The standard InChI is InChI=1S/C25H27ClN4O4S/c1-17(24(31)29(2)13-10-21-5-3-4-12-27-21)30-14-11-23(25(30)32)28-35(33,34)22-9-7-18-15-20(26)8-6-19(18)16-22/h3-9,12,15-17,23,28H,10-11,13-14H2,1-2H3/t17-,23-/m0/s1. The number of rotatable bonds is 8. The van der Waals surface area contributed by atoms with Crippen LogP contribution in [0.2, 0.25) is 5.02 Å². The zero-order valence-corrected chi connectivity index (χ0v) is 21.1. The Balaban J connectivity index is 1.39. The molecule has 2 amide bonds. The van der Waals surface area contributed by atoms with Gasteiger partial charge in [-0.1, -0.05) is 29.8 Å². The summed E-state index contributed by atoms with van der Waals surface area (Å²) in [6.45, 7) is 2.43. The van der Waals surface area contributed by atoms with Crippen LogP contribution in [-0.4, -0.2) is 67.2 Å². The number of likely N-dealkylation sites (N-methyl/N-ethyl adjacent to an activating group) is 1. The predicted octanol–water partition coefficient (Wildman–Crippen LogP) is 2.86. The van der Waals surface area contributed by atoms with Gasteiger partial charge in [-0.3, -0.25) is 14.6 Å². The minimum atomic E-state index is -3.94. The molecular weight excluding hydrogens is 488 g/mol. The molecule has 35 heavy (non-hydrogen) atoms. The topological polar surface area (TPSA) is 99.7 Å². The van der Waals surface area contributed by atoms with E-state index in [4.69, 9.17) is 11.6 Å². The minimum absolute atomic E-state index is 0.0666. The van der Waals surface area contributed by atoms with Crippen LogP contribution < -0.4 is 4.72 Å². The average molecular weight is 515 g/mol. The summed E-state index contributed by atoms with van der Waals surface area (Å²) in [7, 11) is -2.25. The number of halogens is 1. The highest BCUT2D eigenvalue weighted by molar-refractivity contribution is 7.89. The van der Waals surface area contributed by atoms with Gasteiger partial charge in [-0.2, -0.15) is 4.72 Å². The van der Waals surface area contributed by atoms with Gasteiger partial charge in [0.05, 0.1) is 4.90 Å². The van der Waals surface area contributed by atoms with Crippen LogP contribution in [-0.2, 0) is 26.0 Å². The molecule has 1 saturated heterocycles. The summed E-state index contributed by atoms with van der Waals surface area (Å²) >= 11 is 6.00. The van der Waals surface area contributed by atoms with Gasteiger partial charge in [0.25, 0.3) is 0 Å². The highest BCUT2D eigenvalue weighted by atomic mass is 35.5. The van der Waals surface area contributed by atoms with Crippen molar-refractivity contribution in [2.24, 2.45) is 0 Å². The van der Waals surface area contributed by atoms with E-state index in [1.807, 2.05) is 18.2 Å². The van der Waals surface area contributed by atoms with Crippen LogP contribution >= 0.6 is 11.6 Å². The lowest BCUT2D eigenvalue weighted by Gasteiger charge is -2.28. The molecule has 2 heterocycles. The minimum Gasteiger partial charge on any atom is -0.344 e. The Morgan fingerprint density at radius 1 is 1.20 bits per heavy atom. The van der Waals surface area contributed by atoms with Gasteiger partial charge < -0.3 is 9.80 Å². The first-order valence-corrected chi connectivity index (χ1v) is 13.2. The lowest BCUT2D eigenvalue weighted by atomic mass is 10.1. The summed E-state index contributed by atoms with van der Waals surface area (Å²) in [5.74, 6) is -0.605. The SMILES string of the molecule is C[C@@H](C(=O)N(C)CCc1ccccn1)N1CC[C@H](NS(=O)(=O)c2ccc3cc(Cl)ccc3c2)C1=O. The van der Waals surface area contributed by atoms with E-state index in [0.717, 1.165) is 16.5 Å². The number of carbonyl (C=O) groups excluding carboxylic acids is 2. The zero-order chi connectivity index (χ0) is 25.2. The molecule has 1 aliphatic rings. The molecule has 10 heteroatoms. The van der Waals surface area contributed by atoms with E-state index in [1.54, 1.807) is 55.4 Å². The largest absolute Gasteiger partial charge is 0.344 e. The second kappa shape index (κ2) is 10.3. The fraction of sp³-hybridized carbons (Fsp3) is 0.320. The van der Waals surface area contributed by atoms with Gasteiger partial charge in [0.15, 0.2) is 0 Å². The second-order valence-electron chi connectivity index (χ2n) is 8.65. The molecular formula is C25H27ClN4O4S. The van der Waals surface area contributed by atoms with Crippen molar-refractivity contribution in [3.8, 4) is 0 Å². The van der Waals surface area contributed by atoms with Crippen molar-refractivity contribution in [1.82, 2.24) is 19.5 Å². The molecule has 1 aliphatic heterocycles. The first-order valence-electron chi connectivity index (χ1n) is 11.3. The maximum absolute atomic E-state index is 13.0. The molecule has 0 saturated carbocycles. The smallest absolute Gasteiger partial charge is 0.244 e. The third-order valence-corrected chi connectivity index (χ3v) is 7.96. The van der Waals surface area contributed by atoms with Gasteiger partial charge in [0, 0.05) is 43.5 Å². The summed E-state index contributed by atoms with van der Waals surface area (Å²) < 4.78 is 28.5. The number of nitrogens with one attached hydrogen (secondary N) is 1. The molecule has 2 aromatic carbocycles. The molecule has 8 nitrogen and oxygen atoms in total. The summed E-state index contributed by atoms with van der Waals surface area (Å²) in [5.41, 5.74) is 0.878. The van der Waals surface area contributed by atoms with Crippen LogP contribution in [0.1, 0.15) is 19.0 Å². The number of carbonyl (C=O) groups is 2. The Morgan fingerprint density at radius 2 is 1.94 bits per heavy atom. The molecule has 0 bridgehead atoms. The van der Waals surface area contributed by atoms with Crippen LogP contribution in [0.25, 0.3) is 10.8 Å². The predicted molar refractivity (Wildman–Crippen MR) is 134 cm³/mol. The van der Waals surface area contributed by atoms with Gasteiger partial charge in [0.2, 0.25) is 21.8 Å². The molecule has 0 unspecified atom stereocenters. The number of benzene rings is 2. The first kappa shape index (κ1) is 25.1. The summed E-state index contributed by atoms with van der Waals surface area (Å²) in [5, 5.41) is 2.11. The number of aromatic nitrogens is 1. The van der Waals surface area contributed by atoms with E-state index in [2.05, 4.69) is 9.71 Å². The zero-order valence-electron chi connectivity index (χ0n) is 19.5. The number of nitrogens with zero attached hydrogens (tertiary/aromatic N) is 3. The normalized spacial score (nSPS) is 17.1. The molecule has 0 aliphatic carbocycles. The van der Waals surface area contributed by atoms with Gasteiger partial charge in [-0.15, -0.1) is 0 Å². The van der Waals surface area contributed by atoms with E-state index in [9.17, 15) is 18.0 Å². The Labute approximate surface area is 209 Å². The maximum atomic E-state index is 13.0. The van der Waals surface area contributed by atoms with Gasteiger partial charge in [-0.05, 0) is 60.5 Å². The van der Waals surface area contributed by atoms with E-state index < -0.39 is 28.0 Å². The van der Waals surface area contributed by atoms with Crippen LogP contribution in [0.4, 0.5) is 0 Å². The molecule has 1 N–H and O–H groups in total. The third-order valence-electron chi connectivity index (χ3n) is 6.25. The number of sulfonamides is 1. The van der Waals surface area contributed by atoms with Gasteiger partial charge in [-0.25, -0.2) is 8.42 Å². The fourth-order valence-corrected chi connectivity index (χ4v) is 5.64. The van der Waals surface area contributed by atoms with E-state index in [-0.39, 0.29) is 17.2 Å². The lowest BCUT2D eigenvalue weighted by molar-refractivity contribution is -0.142. The van der Waals surface area contributed by atoms with E-state index >= 15 is 0 Å². The van der Waals surface area contributed by atoms with Gasteiger partial charge in [0.1, 0.15) is 12.1 Å². The van der Waals surface area contributed by atoms with Crippen molar-refractivity contribution in [2.45, 2.75) is 36.7 Å². The number of likely N-dealkylation sites (tertiary alicyclic amines) is 1. The van der Waals surface area contributed by atoms with E-state index in [1.165, 1.54) is 11.0 Å². The molecule has 1 aromatic heterocycles. The molecule has 3 aromatic rings. The Kier molecular flexibility index (Phi) is 7.39. The first-order chi connectivity index (χ1) is 16.7. The Bertz CT molecular complexity index is 1350.